The molecule has 2 N–H and O–H groups in total. The number of carbonyl (C=O) groups excluding carboxylic acids is 1. The van der Waals surface area contributed by atoms with Gasteiger partial charge in [0.1, 0.15) is 0 Å². The quantitative estimate of drug-likeness (QED) is 0.589. The molecule has 0 heterocycles. The molecule has 0 aliphatic heterocycles. The number of amides is 1. The van der Waals surface area contributed by atoms with E-state index in [0.717, 1.165) is 26.1 Å². The molecule has 0 saturated heterocycles. The Balaban J connectivity index is 4.02. The molecule has 0 rings (SSSR count). The van der Waals surface area contributed by atoms with Crippen LogP contribution in [0.15, 0.2) is 12.7 Å². The van der Waals surface area contributed by atoms with Crippen LogP contribution in [0.2, 0.25) is 0 Å². The van der Waals surface area contributed by atoms with Gasteiger partial charge in [0.05, 0.1) is 19.6 Å². The summed E-state index contributed by atoms with van der Waals surface area (Å²) in [6.45, 7) is 15.3. The van der Waals surface area contributed by atoms with Gasteiger partial charge in [-0.25, -0.2) is 0 Å². The van der Waals surface area contributed by atoms with Crippen LogP contribution in [0, 0.1) is 0 Å². The third-order valence-corrected chi connectivity index (χ3v) is 2.75. The van der Waals surface area contributed by atoms with Gasteiger partial charge in [-0.2, -0.15) is 0 Å². The lowest BCUT2D eigenvalue weighted by Gasteiger charge is -2.27. The van der Waals surface area contributed by atoms with Gasteiger partial charge in [0.15, 0.2) is 0 Å². The molecule has 0 fully saturated rings. The molecule has 0 aromatic rings. The molecule has 0 aromatic carbocycles. The van der Waals surface area contributed by atoms with Crippen molar-refractivity contribution in [3.63, 3.8) is 0 Å². The Bertz CT molecular complexity index is 208. The van der Waals surface area contributed by atoms with Crippen LogP contribution in [-0.2, 0) is 4.79 Å². The SMILES string of the molecule is C=CC(=O)NC(C)(C)CC[NH+](CC)CC. The number of carbonyl (C=O) groups is 1. The maximum Gasteiger partial charge on any atom is 0.243 e. The van der Waals surface area contributed by atoms with Crippen LogP contribution < -0.4 is 10.2 Å². The molecule has 0 radical (unpaired) electrons. The lowest BCUT2D eigenvalue weighted by atomic mass is 10.00. The molecule has 0 spiro atoms. The molecule has 1 amide bonds. The van der Waals surface area contributed by atoms with Crippen molar-refractivity contribution >= 4 is 5.91 Å². The molecule has 0 saturated carbocycles. The molecule has 0 aliphatic rings. The molecule has 0 atom stereocenters. The number of hydrogen-bond donors (Lipinski definition) is 2. The summed E-state index contributed by atoms with van der Waals surface area (Å²) in [4.78, 5) is 12.7. The van der Waals surface area contributed by atoms with Crippen LogP contribution in [0.3, 0.4) is 0 Å². The van der Waals surface area contributed by atoms with E-state index < -0.39 is 0 Å². The van der Waals surface area contributed by atoms with E-state index in [4.69, 9.17) is 0 Å². The first-order valence-corrected chi connectivity index (χ1v) is 5.73. The number of nitrogens with one attached hydrogen (secondary N) is 2. The van der Waals surface area contributed by atoms with Crippen molar-refractivity contribution in [1.82, 2.24) is 5.32 Å². The van der Waals surface area contributed by atoms with Crippen molar-refractivity contribution in [2.45, 2.75) is 39.7 Å². The summed E-state index contributed by atoms with van der Waals surface area (Å²) in [5.74, 6) is -0.0884. The third-order valence-electron chi connectivity index (χ3n) is 2.75. The highest BCUT2D eigenvalue weighted by Crippen LogP contribution is 2.05. The number of quaternary nitrogens is 1. The van der Waals surface area contributed by atoms with Crippen molar-refractivity contribution in [3.05, 3.63) is 12.7 Å². The Morgan fingerprint density at radius 3 is 2.33 bits per heavy atom. The summed E-state index contributed by atoms with van der Waals surface area (Å²) >= 11 is 0. The topological polar surface area (TPSA) is 33.5 Å². The Morgan fingerprint density at radius 1 is 1.40 bits per heavy atom. The van der Waals surface area contributed by atoms with Gasteiger partial charge in [-0.15, -0.1) is 0 Å². The zero-order valence-electron chi connectivity index (χ0n) is 10.5. The second-order valence-electron chi connectivity index (χ2n) is 4.53. The highest BCUT2D eigenvalue weighted by Gasteiger charge is 2.20. The van der Waals surface area contributed by atoms with Crippen LogP contribution in [0.25, 0.3) is 0 Å². The maximum atomic E-state index is 11.2. The van der Waals surface area contributed by atoms with Crippen LogP contribution in [0.4, 0.5) is 0 Å². The lowest BCUT2D eigenvalue weighted by molar-refractivity contribution is -0.897. The molecular formula is C12H25N2O+. The largest absolute Gasteiger partial charge is 0.347 e. The molecular weight excluding hydrogens is 188 g/mol. The molecule has 0 unspecified atom stereocenters. The summed E-state index contributed by atoms with van der Waals surface area (Å²) in [6, 6.07) is 0. The average Bonchev–Trinajstić information content (AvgIpc) is 2.18. The van der Waals surface area contributed by atoms with Gasteiger partial charge < -0.3 is 10.2 Å². The second-order valence-corrected chi connectivity index (χ2v) is 4.53. The highest BCUT2D eigenvalue weighted by atomic mass is 16.1. The summed E-state index contributed by atoms with van der Waals surface area (Å²) in [7, 11) is 0. The summed E-state index contributed by atoms with van der Waals surface area (Å²) in [6.07, 6.45) is 2.32. The molecule has 0 aromatic heterocycles. The van der Waals surface area contributed by atoms with Crippen molar-refractivity contribution < 1.29 is 9.69 Å². The minimum absolute atomic E-state index is 0.0884. The first-order chi connectivity index (χ1) is 6.95. The Labute approximate surface area is 93.5 Å². The highest BCUT2D eigenvalue weighted by molar-refractivity contribution is 5.87. The molecule has 3 heteroatoms. The Kier molecular flexibility index (Phi) is 6.25. The smallest absolute Gasteiger partial charge is 0.243 e. The van der Waals surface area contributed by atoms with E-state index in [1.807, 2.05) is 0 Å². The van der Waals surface area contributed by atoms with E-state index in [9.17, 15) is 4.79 Å². The minimum Gasteiger partial charge on any atom is -0.347 e. The Morgan fingerprint density at radius 2 is 1.93 bits per heavy atom. The van der Waals surface area contributed by atoms with E-state index in [1.54, 1.807) is 4.90 Å². The van der Waals surface area contributed by atoms with Gasteiger partial charge in [0, 0.05) is 12.0 Å². The third kappa shape index (κ3) is 6.28. The minimum atomic E-state index is -0.138. The van der Waals surface area contributed by atoms with E-state index in [0.29, 0.717) is 0 Å². The lowest BCUT2D eigenvalue weighted by Crippen LogP contribution is -3.11. The van der Waals surface area contributed by atoms with Crippen molar-refractivity contribution in [2.75, 3.05) is 19.6 Å². The van der Waals surface area contributed by atoms with Gasteiger partial charge in [0.25, 0.3) is 0 Å². The van der Waals surface area contributed by atoms with Crippen molar-refractivity contribution in [3.8, 4) is 0 Å². The van der Waals surface area contributed by atoms with E-state index in [1.165, 1.54) is 6.08 Å². The predicted octanol–water partition coefficient (Wildman–Crippen LogP) is 0.382. The second kappa shape index (κ2) is 6.62. The first-order valence-electron chi connectivity index (χ1n) is 5.73. The molecule has 0 aliphatic carbocycles. The van der Waals surface area contributed by atoms with E-state index in [2.05, 4.69) is 39.6 Å². The zero-order valence-corrected chi connectivity index (χ0v) is 10.5. The van der Waals surface area contributed by atoms with Crippen LogP contribution in [-0.4, -0.2) is 31.1 Å². The first kappa shape index (κ1) is 14.2. The monoisotopic (exact) mass is 213 g/mol. The van der Waals surface area contributed by atoms with Crippen LogP contribution in [0.5, 0.6) is 0 Å². The summed E-state index contributed by atoms with van der Waals surface area (Å²) < 4.78 is 0. The van der Waals surface area contributed by atoms with Crippen molar-refractivity contribution in [2.24, 2.45) is 0 Å². The van der Waals surface area contributed by atoms with E-state index in [-0.39, 0.29) is 11.4 Å². The van der Waals surface area contributed by atoms with Crippen LogP contribution in [0.1, 0.15) is 34.1 Å². The van der Waals surface area contributed by atoms with Crippen molar-refractivity contribution in [1.29, 1.82) is 0 Å². The summed E-state index contributed by atoms with van der Waals surface area (Å²) in [5.41, 5.74) is -0.138. The van der Waals surface area contributed by atoms with Gasteiger partial charge in [-0.05, 0) is 33.8 Å². The standard InChI is InChI=1S/C12H24N2O/c1-6-11(15)13-12(4,5)9-10-14(7-2)8-3/h6H,1,7-10H2,2-5H3,(H,13,15)/p+1. The summed E-state index contributed by atoms with van der Waals surface area (Å²) in [5, 5.41) is 2.94. The fourth-order valence-corrected chi connectivity index (χ4v) is 1.54. The van der Waals surface area contributed by atoms with Gasteiger partial charge in [-0.1, -0.05) is 6.58 Å². The Hall–Kier alpha value is -0.830. The van der Waals surface area contributed by atoms with Crippen LogP contribution >= 0.6 is 0 Å². The normalized spacial score (nSPS) is 11.5. The zero-order chi connectivity index (χ0) is 11.9. The number of hydrogen-bond acceptors (Lipinski definition) is 1. The van der Waals surface area contributed by atoms with Gasteiger partial charge >= 0.3 is 0 Å². The predicted molar refractivity (Wildman–Crippen MR) is 63.9 cm³/mol. The maximum absolute atomic E-state index is 11.2. The molecule has 88 valence electrons. The fraction of sp³-hybridized carbons (Fsp3) is 0.750. The average molecular weight is 213 g/mol. The molecule has 0 bridgehead atoms. The fourth-order valence-electron chi connectivity index (χ4n) is 1.54. The molecule has 3 nitrogen and oxygen atoms in total. The number of rotatable bonds is 7. The van der Waals surface area contributed by atoms with Gasteiger partial charge in [0.2, 0.25) is 5.91 Å². The van der Waals surface area contributed by atoms with Gasteiger partial charge in [-0.3, -0.25) is 4.79 Å². The molecule has 15 heavy (non-hydrogen) atoms. The van der Waals surface area contributed by atoms with E-state index >= 15 is 0 Å².